The lowest BCUT2D eigenvalue weighted by atomic mass is 9.80. The largest absolute Gasteiger partial charge is 0.471 e. The van der Waals surface area contributed by atoms with Crippen LogP contribution in [0.4, 0.5) is 18.9 Å². The van der Waals surface area contributed by atoms with Crippen molar-refractivity contribution in [1.29, 1.82) is 5.26 Å². The van der Waals surface area contributed by atoms with Gasteiger partial charge in [-0.2, -0.15) is 18.4 Å². The quantitative estimate of drug-likeness (QED) is 0.530. The van der Waals surface area contributed by atoms with Gasteiger partial charge in [-0.1, -0.05) is 62.4 Å². The Morgan fingerprint density at radius 2 is 1.77 bits per heavy atom. The number of likely N-dealkylation sites (tertiary alicyclic amines) is 2. The van der Waals surface area contributed by atoms with Gasteiger partial charge in [-0.25, -0.2) is 0 Å². The van der Waals surface area contributed by atoms with Gasteiger partial charge in [0.15, 0.2) is 0 Å². The number of hydrogen-bond donors (Lipinski definition) is 2. The number of carbonyl (C=O) groups is 4. The van der Waals surface area contributed by atoms with Crippen LogP contribution in [0.2, 0.25) is 0 Å². The van der Waals surface area contributed by atoms with Crippen LogP contribution < -0.4 is 10.6 Å². The van der Waals surface area contributed by atoms with Crippen LogP contribution in [0.1, 0.15) is 50.2 Å². The molecule has 2 aromatic rings. The van der Waals surface area contributed by atoms with Crippen molar-refractivity contribution in [2.24, 2.45) is 5.92 Å². The number of amides is 4. The number of nitrogens with one attached hydrogen (secondary N) is 2. The van der Waals surface area contributed by atoms with Crippen LogP contribution in [0.15, 0.2) is 54.6 Å². The van der Waals surface area contributed by atoms with Crippen LogP contribution in [0.3, 0.4) is 0 Å². The van der Waals surface area contributed by atoms with Gasteiger partial charge in [0.05, 0.1) is 11.5 Å². The maximum atomic E-state index is 14.5. The number of alkyl halides is 3. The molecule has 3 aliphatic rings. The lowest BCUT2D eigenvalue weighted by Crippen LogP contribution is -2.57. The van der Waals surface area contributed by atoms with E-state index in [1.165, 1.54) is 9.80 Å². The third-order valence-electron chi connectivity index (χ3n) is 8.65. The summed E-state index contributed by atoms with van der Waals surface area (Å²) in [4.78, 5) is 56.1. The molecule has 12 heteroatoms. The van der Waals surface area contributed by atoms with E-state index in [1.54, 1.807) is 56.3 Å². The van der Waals surface area contributed by atoms with Crippen LogP contribution in [0.25, 0.3) is 0 Å². The zero-order valence-electron chi connectivity index (χ0n) is 23.7. The summed E-state index contributed by atoms with van der Waals surface area (Å²) in [7, 11) is 0. The molecular weight excluding hydrogens is 563 g/mol. The molecule has 43 heavy (non-hydrogen) atoms. The predicted octanol–water partition coefficient (Wildman–Crippen LogP) is 3.48. The van der Waals surface area contributed by atoms with Gasteiger partial charge in [0.25, 0.3) is 0 Å². The Kier molecular flexibility index (Phi) is 7.94. The van der Waals surface area contributed by atoms with E-state index in [2.05, 4.69) is 11.4 Å². The van der Waals surface area contributed by atoms with Gasteiger partial charge in [-0.3, -0.25) is 19.2 Å². The second kappa shape index (κ2) is 11.4. The second-order valence-corrected chi connectivity index (χ2v) is 11.8. The van der Waals surface area contributed by atoms with Crippen LogP contribution >= 0.6 is 0 Å². The first kappa shape index (κ1) is 30.1. The van der Waals surface area contributed by atoms with Crippen LogP contribution in [0, 0.1) is 17.2 Å². The number of nitrogens with zero attached hydrogens (tertiary/aromatic N) is 3. The molecule has 3 aliphatic heterocycles. The minimum Gasteiger partial charge on any atom is -0.336 e. The van der Waals surface area contributed by atoms with Gasteiger partial charge in [-0.05, 0) is 36.0 Å². The summed E-state index contributed by atoms with van der Waals surface area (Å²) in [6, 6.07) is 14.6. The fourth-order valence-electron chi connectivity index (χ4n) is 6.68. The second-order valence-electron chi connectivity index (χ2n) is 11.8. The van der Waals surface area contributed by atoms with Crippen molar-refractivity contribution in [3.05, 3.63) is 65.7 Å². The Morgan fingerprint density at radius 1 is 1.09 bits per heavy atom. The molecule has 5 rings (SSSR count). The highest BCUT2D eigenvalue weighted by atomic mass is 19.4. The van der Waals surface area contributed by atoms with E-state index >= 15 is 0 Å². The van der Waals surface area contributed by atoms with Gasteiger partial charge in [0.2, 0.25) is 17.7 Å². The number of hydrogen-bond acceptors (Lipinski definition) is 5. The van der Waals surface area contributed by atoms with Crippen molar-refractivity contribution in [1.82, 2.24) is 15.1 Å². The first-order valence-corrected chi connectivity index (χ1v) is 14.2. The standard InChI is InChI=1S/C31H32F3N5O4/c1-18(2)14-24(37-29(43)31(32,33)34)26(40)38-13-12-21(19-8-4-3-5-9-19)25(38)27(41)39-17-30(15-20(39)16-35)22-10-6-7-11-23(22)36-28(30)42/h3-11,18,20-21,24-25H,12-15,17H2,1-2H3,(H,36,42)(H,37,43)/t20-,21+,24?,25-,30-/m0/s1. The average molecular weight is 596 g/mol. The number of rotatable bonds is 6. The molecule has 0 radical (unpaired) electrons. The van der Waals surface area contributed by atoms with E-state index in [1.807, 2.05) is 17.4 Å². The zero-order valence-corrected chi connectivity index (χ0v) is 23.7. The number of benzene rings is 2. The average Bonchev–Trinajstić information content (AvgIpc) is 3.66. The molecule has 2 aromatic carbocycles. The van der Waals surface area contributed by atoms with E-state index in [-0.39, 0.29) is 37.8 Å². The molecular formula is C31H32F3N5O4. The van der Waals surface area contributed by atoms with Gasteiger partial charge < -0.3 is 20.4 Å². The molecule has 0 aliphatic carbocycles. The number of halogens is 3. The van der Waals surface area contributed by atoms with Crippen molar-refractivity contribution in [2.45, 2.75) is 68.7 Å². The van der Waals surface area contributed by atoms with E-state index < -0.39 is 53.4 Å². The maximum Gasteiger partial charge on any atom is 0.471 e. The number of nitriles is 1. The van der Waals surface area contributed by atoms with Gasteiger partial charge >= 0.3 is 12.1 Å². The topological polar surface area (TPSA) is 123 Å². The van der Waals surface area contributed by atoms with Crippen LogP contribution in [-0.2, 0) is 24.6 Å². The SMILES string of the molecule is CC(C)CC(NC(=O)C(F)(F)F)C(=O)N1CC[C@H](c2ccccc2)[C@H]1C(=O)N1C[C@]2(C[C@H]1C#N)C(=O)Nc1ccccc12. The van der Waals surface area contributed by atoms with E-state index in [0.29, 0.717) is 17.7 Å². The minimum absolute atomic E-state index is 0.0603. The lowest BCUT2D eigenvalue weighted by molar-refractivity contribution is -0.175. The number of anilines is 1. The number of para-hydroxylation sites is 1. The Hall–Kier alpha value is -4.40. The molecule has 0 bridgehead atoms. The van der Waals surface area contributed by atoms with Crippen LogP contribution in [-0.4, -0.2) is 70.8 Å². The number of carbonyl (C=O) groups excluding carboxylic acids is 4. The molecule has 2 fully saturated rings. The van der Waals surface area contributed by atoms with Crippen LogP contribution in [0.5, 0.6) is 0 Å². The summed E-state index contributed by atoms with van der Waals surface area (Å²) >= 11 is 0. The molecule has 0 aromatic heterocycles. The van der Waals surface area contributed by atoms with Gasteiger partial charge in [0.1, 0.15) is 18.1 Å². The fourth-order valence-corrected chi connectivity index (χ4v) is 6.68. The normalized spacial score (nSPS) is 25.4. The van der Waals surface area contributed by atoms with Crippen molar-refractivity contribution in [3.63, 3.8) is 0 Å². The van der Waals surface area contributed by atoms with Crippen molar-refractivity contribution in [3.8, 4) is 6.07 Å². The maximum absolute atomic E-state index is 14.5. The highest BCUT2D eigenvalue weighted by Crippen LogP contribution is 2.47. The summed E-state index contributed by atoms with van der Waals surface area (Å²) in [5, 5.41) is 14.8. The monoisotopic (exact) mass is 595 g/mol. The molecule has 2 N–H and O–H groups in total. The molecule has 226 valence electrons. The first-order chi connectivity index (χ1) is 20.4. The highest BCUT2D eigenvalue weighted by Gasteiger charge is 2.58. The summed E-state index contributed by atoms with van der Waals surface area (Å²) in [6.45, 7) is 3.40. The predicted molar refractivity (Wildman–Crippen MR) is 149 cm³/mol. The molecule has 5 atom stereocenters. The smallest absolute Gasteiger partial charge is 0.336 e. The highest BCUT2D eigenvalue weighted by molar-refractivity contribution is 6.07. The van der Waals surface area contributed by atoms with Crippen molar-refractivity contribution < 1.29 is 32.3 Å². The third kappa shape index (κ3) is 5.44. The molecule has 1 spiro atoms. The Bertz CT molecular complexity index is 1470. The first-order valence-electron chi connectivity index (χ1n) is 14.2. The fraction of sp³-hybridized carbons (Fsp3) is 0.452. The van der Waals surface area contributed by atoms with Gasteiger partial charge in [-0.15, -0.1) is 0 Å². The van der Waals surface area contributed by atoms with Gasteiger partial charge in [0, 0.05) is 31.1 Å². The zero-order chi connectivity index (χ0) is 31.1. The summed E-state index contributed by atoms with van der Waals surface area (Å²) in [5.74, 6) is -4.68. The Morgan fingerprint density at radius 3 is 2.42 bits per heavy atom. The Balaban J connectivity index is 1.51. The molecule has 1 unspecified atom stereocenters. The lowest BCUT2D eigenvalue weighted by Gasteiger charge is -2.35. The minimum atomic E-state index is -5.19. The summed E-state index contributed by atoms with van der Waals surface area (Å²) < 4.78 is 39.6. The van der Waals surface area contributed by atoms with E-state index in [9.17, 15) is 37.6 Å². The molecule has 2 saturated heterocycles. The molecule has 0 saturated carbocycles. The number of fused-ring (bicyclic) bond motifs is 2. The third-order valence-corrected chi connectivity index (χ3v) is 8.65. The van der Waals surface area contributed by atoms with Crippen molar-refractivity contribution >= 4 is 29.3 Å². The summed E-state index contributed by atoms with van der Waals surface area (Å²) in [5.41, 5.74) is 0.891. The van der Waals surface area contributed by atoms with E-state index in [4.69, 9.17) is 0 Å². The molecule has 4 amide bonds. The van der Waals surface area contributed by atoms with E-state index in [0.717, 1.165) is 5.56 Å². The van der Waals surface area contributed by atoms with Crippen molar-refractivity contribution in [2.75, 3.05) is 18.4 Å². The summed E-state index contributed by atoms with van der Waals surface area (Å²) in [6.07, 6.45) is -4.86. The molecule has 3 heterocycles. The Labute approximate surface area is 247 Å². The molecule has 9 nitrogen and oxygen atoms in total.